The van der Waals surface area contributed by atoms with Crippen LogP contribution in [0.3, 0.4) is 0 Å². The Hall–Kier alpha value is -1.75. The smallest absolute Gasteiger partial charge is 0.298 e. The predicted molar refractivity (Wildman–Crippen MR) is 76.9 cm³/mol. The molecular formula is C16H13F3OS. The summed E-state index contributed by atoms with van der Waals surface area (Å²) in [6, 6.07) is 9.48. The second kappa shape index (κ2) is 5.93. The van der Waals surface area contributed by atoms with Crippen LogP contribution in [0.4, 0.5) is 13.2 Å². The molecule has 0 atom stereocenters. The minimum atomic E-state index is -4.53. The Balaban J connectivity index is 2.36. The number of aldehydes is 1. The Morgan fingerprint density at radius 2 is 1.57 bits per heavy atom. The number of alkyl halides is 3. The fourth-order valence-corrected chi connectivity index (χ4v) is 2.82. The van der Waals surface area contributed by atoms with Crippen LogP contribution in [0.2, 0.25) is 0 Å². The van der Waals surface area contributed by atoms with E-state index in [0.717, 1.165) is 22.1 Å². The molecule has 0 amide bonds. The zero-order valence-corrected chi connectivity index (χ0v) is 12.3. The molecule has 1 nitrogen and oxygen atoms in total. The molecule has 0 saturated carbocycles. The highest BCUT2D eigenvalue weighted by Gasteiger charge is 2.33. The Bertz CT molecular complexity index is 678. The number of benzene rings is 2. The highest BCUT2D eigenvalue weighted by atomic mass is 32.2. The average molecular weight is 310 g/mol. The van der Waals surface area contributed by atoms with E-state index in [4.69, 9.17) is 0 Å². The van der Waals surface area contributed by atoms with Gasteiger partial charge >= 0.3 is 6.18 Å². The van der Waals surface area contributed by atoms with Crippen LogP contribution in [-0.2, 0) is 6.18 Å². The zero-order valence-electron chi connectivity index (χ0n) is 11.5. The van der Waals surface area contributed by atoms with Crippen LogP contribution in [0.1, 0.15) is 27.0 Å². The number of halogens is 3. The summed E-state index contributed by atoms with van der Waals surface area (Å²) in [7, 11) is 0. The topological polar surface area (TPSA) is 17.1 Å². The van der Waals surface area contributed by atoms with Crippen molar-refractivity contribution in [1.82, 2.24) is 0 Å². The summed E-state index contributed by atoms with van der Waals surface area (Å²) in [5, 5.41) is 0. The fraction of sp³-hybridized carbons (Fsp3) is 0.188. The highest BCUT2D eigenvalue weighted by Crippen LogP contribution is 2.36. The molecular weight excluding hydrogens is 297 g/mol. The van der Waals surface area contributed by atoms with E-state index in [0.29, 0.717) is 4.90 Å². The number of aryl methyl sites for hydroxylation is 2. The number of carbonyl (C=O) groups excluding carboxylic acids is 1. The summed E-state index contributed by atoms with van der Waals surface area (Å²) in [5.74, 6) is 0. The minimum Gasteiger partial charge on any atom is -0.298 e. The third kappa shape index (κ3) is 3.67. The van der Waals surface area contributed by atoms with E-state index < -0.39 is 11.7 Å². The van der Waals surface area contributed by atoms with Crippen molar-refractivity contribution in [3.63, 3.8) is 0 Å². The van der Waals surface area contributed by atoms with Crippen molar-refractivity contribution in [2.45, 2.75) is 29.8 Å². The summed E-state index contributed by atoms with van der Waals surface area (Å²) in [6.07, 6.45) is -4.30. The zero-order chi connectivity index (χ0) is 15.6. The van der Waals surface area contributed by atoms with Gasteiger partial charge in [-0.1, -0.05) is 17.8 Å². The molecule has 0 aromatic heterocycles. The lowest BCUT2D eigenvalue weighted by atomic mass is 10.1. The minimum absolute atomic E-state index is 0.229. The van der Waals surface area contributed by atoms with E-state index >= 15 is 0 Å². The van der Waals surface area contributed by atoms with Gasteiger partial charge in [0.25, 0.3) is 0 Å². The second-order valence-corrected chi connectivity index (χ2v) is 5.86. The molecule has 5 heteroatoms. The normalized spacial score (nSPS) is 11.5. The van der Waals surface area contributed by atoms with Crippen molar-refractivity contribution in [2.75, 3.05) is 0 Å². The van der Waals surface area contributed by atoms with E-state index in [1.165, 1.54) is 23.9 Å². The van der Waals surface area contributed by atoms with E-state index in [9.17, 15) is 18.0 Å². The maximum absolute atomic E-state index is 12.9. The second-order valence-electron chi connectivity index (χ2n) is 4.71. The number of rotatable bonds is 3. The van der Waals surface area contributed by atoms with Crippen molar-refractivity contribution >= 4 is 18.0 Å². The summed E-state index contributed by atoms with van der Waals surface area (Å²) in [6.45, 7) is 3.93. The van der Waals surface area contributed by atoms with Crippen molar-refractivity contribution < 1.29 is 18.0 Å². The van der Waals surface area contributed by atoms with Gasteiger partial charge in [-0.15, -0.1) is 0 Å². The van der Waals surface area contributed by atoms with Crippen LogP contribution in [0.15, 0.2) is 46.2 Å². The standard InChI is InChI=1S/C16H13F3OS/c1-10-3-5-13(7-11(10)2)21-14-6-4-12(9-20)15(8-14)16(17,18)19/h3-9H,1-2H3. The van der Waals surface area contributed by atoms with Crippen LogP contribution in [0.5, 0.6) is 0 Å². The molecule has 0 spiro atoms. The quantitative estimate of drug-likeness (QED) is 0.717. The predicted octanol–water partition coefficient (Wildman–Crippen LogP) is 5.29. The third-order valence-corrected chi connectivity index (χ3v) is 4.15. The molecule has 2 aromatic rings. The molecule has 0 aliphatic rings. The van der Waals surface area contributed by atoms with Crippen molar-refractivity contribution in [3.8, 4) is 0 Å². The van der Waals surface area contributed by atoms with Gasteiger partial charge in [-0.05, 0) is 55.3 Å². The van der Waals surface area contributed by atoms with Gasteiger partial charge < -0.3 is 0 Å². The first-order chi connectivity index (χ1) is 9.81. The van der Waals surface area contributed by atoms with Gasteiger partial charge in [0, 0.05) is 15.4 Å². The van der Waals surface area contributed by atoms with Gasteiger partial charge in [0.2, 0.25) is 0 Å². The first-order valence-electron chi connectivity index (χ1n) is 6.23. The number of hydrogen-bond acceptors (Lipinski definition) is 2. The van der Waals surface area contributed by atoms with E-state index in [1.54, 1.807) is 0 Å². The maximum Gasteiger partial charge on any atom is 0.417 e. The molecule has 0 saturated heterocycles. The first-order valence-corrected chi connectivity index (χ1v) is 7.04. The van der Waals surface area contributed by atoms with Gasteiger partial charge in [-0.25, -0.2) is 0 Å². The van der Waals surface area contributed by atoms with Gasteiger partial charge in [-0.2, -0.15) is 13.2 Å². The highest BCUT2D eigenvalue weighted by molar-refractivity contribution is 7.99. The summed E-state index contributed by atoms with van der Waals surface area (Å²) >= 11 is 1.24. The number of carbonyl (C=O) groups is 1. The lowest BCUT2D eigenvalue weighted by Crippen LogP contribution is -2.08. The van der Waals surface area contributed by atoms with E-state index in [2.05, 4.69) is 0 Å². The number of hydrogen-bond donors (Lipinski definition) is 0. The fourth-order valence-electron chi connectivity index (χ4n) is 1.86. The van der Waals surface area contributed by atoms with Crippen LogP contribution in [0, 0.1) is 13.8 Å². The Labute approximate surface area is 125 Å². The molecule has 0 heterocycles. The molecule has 110 valence electrons. The molecule has 0 bridgehead atoms. The van der Waals surface area contributed by atoms with Crippen LogP contribution < -0.4 is 0 Å². The van der Waals surface area contributed by atoms with Gasteiger partial charge in [0.05, 0.1) is 5.56 Å². The molecule has 0 aliphatic heterocycles. The van der Waals surface area contributed by atoms with Gasteiger partial charge in [-0.3, -0.25) is 4.79 Å². The lowest BCUT2D eigenvalue weighted by molar-refractivity contribution is -0.138. The lowest BCUT2D eigenvalue weighted by Gasteiger charge is -2.11. The third-order valence-electron chi connectivity index (χ3n) is 3.17. The van der Waals surface area contributed by atoms with E-state index in [-0.39, 0.29) is 11.8 Å². The molecule has 0 fully saturated rings. The molecule has 21 heavy (non-hydrogen) atoms. The molecule has 0 radical (unpaired) electrons. The largest absolute Gasteiger partial charge is 0.417 e. The summed E-state index contributed by atoms with van der Waals surface area (Å²) in [5.41, 5.74) is 0.977. The molecule has 0 N–H and O–H groups in total. The van der Waals surface area contributed by atoms with Gasteiger partial charge in [0.1, 0.15) is 0 Å². The average Bonchev–Trinajstić information content (AvgIpc) is 2.42. The molecule has 2 aromatic carbocycles. The molecule has 0 aliphatic carbocycles. The van der Waals surface area contributed by atoms with Crippen molar-refractivity contribution in [2.24, 2.45) is 0 Å². The Morgan fingerprint density at radius 1 is 0.952 bits per heavy atom. The van der Waals surface area contributed by atoms with Crippen LogP contribution >= 0.6 is 11.8 Å². The molecule has 2 rings (SSSR count). The monoisotopic (exact) mass is 310 g/mol. The summed E-state index contributed by atoms with van der Waals surface area (Å²) in [4.78, 5) is 12.0. The van der Waals surface area contributed by atoms with E-state index in [1.807, 2.05) is 32.0 Å². The van der Waals surface area contributed by atoms with Crippen molar-refractivity contribution in [1.29, 1.82) is 0 Å². The van der Waals surface area contributed by atoms with Crippen molar-refractivity contribution in [3.05, 3.63) is 58.7 Å². The SMILES string of the molecule is Cc1ccc(Sc2ccc(C=O)c(C(F)(F)F)c2)cc1C. The Kier molecular flexibility index (Phi) is 4.42. The summed E-state index contributed by atoms with van der Waals surface area (Å²) < 4.78 is 38.7. The molecule has 0 unspecified atom stereocenters. The Morgan fingerprint density at radius 3 is 2.14 bits per heavy atom. The first kappa shape index (κ1) is 15.6. The maximum atomic E-state index is 12.9. The van der Waals surface area contributed by atoms with Gasteiger partial charge in [0.15, 0.2) is 6.29 Å². The van der Waals surface area contributed by atoms with Crippen LogP contribution in [-0.4, -0.2) is 6.29 Å². The van der Waals surface area contributed by atoms with Crippen LogP contribution in [0.25, 0.3) is 0 Å².